The Hall–Kier alpha value is -1.39. The fourth-order valence-electron chi connectivity index (χ4n) is 2.01. The standard InChI is InChI=1S/C16H19ClN2OS/c1-10(20)13-6-5-11(16(2,3)4)7-14(13)18-8-12-9-19-15(17)21-12/h5-7,9,18H,8H2,1-4H3. The zero-order chi connectivity index (χ0) is 15.6. The van der Waals surface area contributed by atoms with Gasteiger partial charge in [0.15, 0.2) is 10.3 Å². The summed E-state index contributed by atoms with van der Waals surface area (Å²) in [6.07, 6.45) is 1.75. The van der Waals surface area contributed by atoms with Gasteiger partial charge in [-0.05, 0) is 30.0 Å². The number of rotatable bonds is 4. The summed E-state index contributed by atoms with van der Waals surface area (Å²) >= 11 is 7.27. The summed E-state index contributed by atoms with van der Waals surface area (Å²) in [7, 11) is 0. The van der Waals surface area contributed by atoms with Crippen molar-refractivity contribution in [2.45, 2.75) is 39.7 Å². The molecule has 0 saturated carbocycles. The molecule has 21 heavy (non-hydrogen) atoms. The highest BCUT2D eigenvalue weighted by Crippen LogP contribution is 2.28. The highest BCUT2D eigenvalue weighted by atomic mass is 35.5. The lowest BCUT2D eigenvalue weighted by atomic mass is 9.86. The van der Waals surface area contributed by atoms with E-state index in [9.17, 15) is 4.79 Å². The molecule has 0 aliphatic heterocycles. The summed E-state index contributed by atoms with van der Waals surface area (Å²) in [5, 5.41) is 3.33. The van der Waals surface area contributed by atoms with Crippen LogP contribution in [0.15, 0.2) is 24.4 Å². The maximum Gasteiger partial charge on any atom is 0.183 e. The lowest BCUT2D eigenvalue weighted by Gasteiger charge is -2.21. The molecule has 2 rings (SSSR count). The molecule has 1 heterocycles. The van der Waals surface area contributed by atoms with Crippen molar-refractivity contribution in [1.29, 1.82) is 0 Å². The normalized spacial score (nSPS) is 11.5. The van der Waals surface area contributed by atoms with Crippen LogP contribution in [0.4, 0.5) is 5.69 Å². The second kappa shape index (κ2) is 6.16. The summed E-state index contributed by atoms with van der Waals surface area (Å²) in [6, 6.07) is 5.97. The van der Waals surface area contributed by atoms with Crippen molar-refractivity contribution < 1.29 is 4.79 Å². The number of halogens is 1. The quantitative estimate of drug-likeness (QED) is 0.813. The lowest BCUT2D eigenvalue weighted by molar-refractivity contribution is 0.101. The molecule has 2 aromatic rings. The molecule has 3 nitrogen and oxygen atoms in total. The molecule has 0 unspecified atom stereocenters. The van der Waals surface area contributed by atoms with Gasteiger partial charge in [-0.3, -0.25) is 4.79 Å². The Labute approximate surface area is 134 Å². The maximum atomic E-state index is 11.8. The van der Waals surface area contributed by atoms with Crippen LogP contribution in [0.2, 0.25) is 4.47 Å². The van der Waals surface area contributed by atoms with E-state index in [4.69, 9.17) is 11.6 Å². The molecule has 1 N–H and O–H groups in total. The molecule has 112 valence electrons. The Kier molecular flexibility index (Phi) is 4.69. The molecule has 0 spiro atoms. The average molecular weight is 323 g/mol. The van der Waals surface area contributed by atoms with Crippen LogP contribution in [0.25, 0.3) is 0 Å². The zero-order valence-corrected chi connectivity index (χ0v) is 14.2. The number of aromatic nitrogens is 1. The average Bonchev–Trinajstić information content (AvgIpc) is 2.80. The lowest BCUT2D eigenvalue weighted by Crippen LogP contribution is -2.13. The number of carbonyl (C=O) groups excluding carboxylic acids is 1. The number of hydrogen-bond donors (Lipinski definition) is 1. The van der Waals surface area contributed by atoms with Gasteiger partial charge in [0.2, 0.25) is 0 Å². The van der Waals surface area contributed by atoms with E-state index in [1.54, 1.807) is 13.1 Å². The van der Waals surface area contributed by atoms with Crippen molar-refractivity contribution in [2.75, 3.05) is 5.32 Å². The molecule has 0 bridgehead atoms. The second-order valence-electron chi connectivity index (χ2n) is 6.00. The van der Waals surface area contributed by atoms with Crippen molar-refractivity contribution in [3.63, 3.8) is 0 Å². The predicted octanol–water partition coefficient (Wildman–Crippen LogP) is 4.91. The topological polar surface area (TPSA) is 42.0 Å². The molecule has 0 radical (unpaired) electrons. The summed E-state index contributed by atoms with van der Waals surface area (Å²) in [4.78, 5) is 16.8. The molecule has 1 aromatic carbocycles. The summed E-state index contributed by atoms with van der Waals surface area (Å²) in [5.41, 5.74) is 2.80. The highest BCUT2D eigenvalue weighted by molar-refractivity contribution is 7.15. The van der Waals surface area contributed by atoms with Crippen LogP contribution in [-0.4, -0.2) is 10.8 Å². The van der Waals surface area contributed by atoms with Gasteiger partial charge in [-0.1, -0.05) is 38.4 Å². The van der Waals surface area contributed by atoms with Crippen molar-refractivity contribution in [2.24, 2.45) is 0 Å². The first-order valence-electron chi connectivity index (χ1n) is 6.77. The number of benzene rings is 1. The van der Waals surface area contributed by atoms with E-state index in [1.165, 1.54) is 16.9 Å². The van der Waals surface area contributed by atoms with Crippen molar-refractivity contribution in [1.82, 2.24) is 4.98 Å². The smallest absolute Gasteiger partial charge is 0.183 e. The molecular weight excluding hydrogens is 304 g/mol. The van der Waals surface area contributed by atoms with E-state index in [1.807, 2.05) is 12.1 Å². The molecule has 0 aliphatic rings. The number of thiazole rings is 1. The first-order valence-corrected chi connectivity index (χ1v) is 7.96. The van der Waals surface area contributed by atoms with Crippen LogP contribution in [0.5, 0.6) is 0 Å². The molecule has 5 heteroatoms. The van der Waals surface area contributed by atoms with Gasteiger partial charge in [0.1, 0.15) is 0 Å². The third-order valence-electron chi connectivity index (χ3n) is 3.24. The molecule has 0 amide bonds. The molecule has 1 aromatic heterocycles. The number of hydrogen-bond acceptors (Lipinski definition) is 4. The van der Waals surface area contributed by atoms with E-state index in [0.29, 0.717) is 16.6 Å². The van der Waals surface area contributed by atoms with Crippen LogP contribution in [0, 0.1) is 0 Å². The summed E-state index contributed by atoms with van der Waals surface area (Å²) < 4.78 is 0.530. The highest BCUT2D eigenvalue weighted by Gasteiger charge is 2.17. The Balaban J connectivity index is 2.28. The van der Waals surface area contributed by atoms with Gasteiger partial charge in [0.25, 0.3) is 0 Å². The van der Waals surface area contributed by atoms with Gasteiger partial charge < -0.3 is 5.32 Å². The van der Waals surface area contributed by atoms with E-state index < -0.39 is 0 Å². The molecule has 0 aliphatic carbocycles. The SMILES string of the molecule is CC(=O)c1ccc(C(C)(C)C)cc1NCc1cnc(Cl)s1. The van der Waals surface area contributed by atoms with Crippen LogP contribution >= 0.6 is 22.9 Å². The van der Waals surface area contributed by atoms with Gasteiger partial charge in [0, 0.05) is 22.3 Å². The third-order valence-corrected chi connectivity index (χ3v) is 4.36. The third kappa shape index (κ3) is 4.05. The van der Waals surface area contributed by atoms with Crippen LogP contribution in [0.1, 0.15) is 48.5 Å². The number of Topliss-reactive ketones (excluding diaryl/α,β-unsaturated/α-hetero) is 1. The summed E-state index contributed by atoms with van der Waals surface area (Å²) in [5.74, 6) is 0.0558. The number of anilines is 1. The maximum absolute atomic E-state index is 11.8. The Morgan fingerprint density at radius 3 is 2.62 bits per heavy atom. The minimum Gasteiger partial charge on any atom is -0.379 e. The zero-order valence-electron chi connectivity index (χ0n) is 12.7. The Bertz CT molecular complexity index is 659. The van der Waals surface area contributed by atoms with Crippen LogP contribution in [-0.2, 0) is 12.0 Å². The van der Waals surface area contributed by atoms with E-state index >= 15 is 0 Å². The first-order chi connectivity index (χ1) is 9.77. The van der Waals surface area contributed by atoms with Gasteiger partial charge in [-0.25, -0.2) is 4.98 Å². The summed E-state index contributed by atoms with van der Waals surface area (Å²) in [6.45, 7) is 8.66. The molecular formula is C16H19ClN2OS. The Morgan fingerprint density at radius 1 is 1.38 bits per heavy atom. The van der Waals surface area contributed by atoms with E-state index in [2.05, 4.69) is 37.1 Å². The van der Waals surface area contributed by atoms with Crippen LogP contribution < -0.4 is 5.32 Å². The fraction of sp³-hybridized carbons (Fsp3) is 0.375. The second-order valence-corrected chi connectivity index (χ2v) is 7.70. The van der Waals surface area contributed by atoms with Crippen LogP contribution in [0.3, 0.4) is 0 Å². The number of ketones is 1. The molecule has 0 saturated heterocycles. The largest absolute Gasteiger partial charge is 0.379 e. The minimum atomic E-state index is 0.0412. The number of nitrogens with zero attached hydrogens (tertiary/aromatic N) is 1. The van der Waals surface area contributed by atoms with Gasteiger partial charge in [-0.2, -0.15) is 0 Å². The van der Waals surface area contributed by atoms with Crippen molar-refractivity contribution >= 4 is 34.4 Å². The van der Waals surface area contributed by atoms with E-state index in [0.717, 1.165) is 10.6 Å². The monoisotopic (exact) mass is 322 g/mol. The van der Waals surface area contributed by atoms with Crippen molar-refractivity contribution in [3.8, 4) is 0 Å². The molecule has 0 fully saturated rings. The number of carbonyl (C=O) groups is 1. The fourth-order valence-corrected chi connectivity index (χ4v) is 2.93. The van der Waals surface area contributed by atoms with E-state index in [-0.39, 0.29) is 11.2 Å². The minimum absolute atomic E-state index is 0.0412. The Morgan fingerprint density at radius 2 is 2.10 bits per heavy atom. The predicted molar refractivity (Wildman–Crippen MR) is 89.6 cm³/mol. The molecule has 0 atom stereocenters. The van der Waals surface area contributed by atoms with Crippen molar-refractivity contribution in [3.05, 3.63) is 44.9 Å². The first kappa shape index (κ1) is 16.0. The van der Waals surface area contributed by atoms with Gasteiger partial charge >= 0.3 is 0 Å². The van der Waals surface area contributed by atoms with Gasteiger partial charge in [0.05, 0.1) is 6.54 Å². The van der Waals surface area contributed by atoms with Gasteiger partial charge in [-0.15, -0.1) is 11.3 Å². The number of nitrogens with one attached hydrogen (secondary N) is 1.